The largest absolute Gasteiger partial charge is 0.463 e. The molecule has 1 saturated carbocycles. The number of terminal acetylenes is 1. The van der Waals surface area contributed by atoms with Gasteiger partial charge in [0.25, 0.3) is 5.91 Å². The van der Waals surface area contributed by atoms with Gasteiger partial charge in [0, 0.05) is 23.2 Å². The van der Waals surface area contributed by atoms with Crippen molar-refractivity contribution in [2.45, 2.75) is 16.7 Å². The molecule has 1 aliphatic carbocycles. The van der Waals surface area contributed by atoms with Crippen LogP contribution >= 0.6 is 11.8 Å². The quantitative estimate of drug-likeness (QED) is 0.468. The Morgan fingerprint density at radius 2 is 2.09 bits per heavy atom. The number of halogens is 4. The highest BCUT2D eigenvalue weighted by molar-refractivity contribution is 8.15. The normalized spacial score (nSPS) is 25.4. The van der Waals surface area contributed by atoms with Crippen molar-refractivity contribution in [1.82, 2.24) is 9.97 Å². The first-order valence-corrected chi connectivity index (χ1v) is 10.5. The van der Waals surface area contributed by atoms with Gasteiger partial charge in [0.1, 0.15) is 24.6 Å². The molecule has 0 spiro atoms. The number of thioether (sulfide) groups is 1. The molecule has 0 saturated heterocycles. The Morgan fingerprint density at radius 1 is 1.30 bits per heavy atom. The highest BCUT2D eigenvalue weighted by Crippen LogP contribution is 2.66. The van der Waals surface area contributed by atoms with E-state index in [-0.39, 0.29) is 35.5 Å². The second-order valence-corrected chi connectivity index (χ2v) is 9.01. The summed E-state index contributed by atoms with van der Waals surface area (Å²) in [7, 11) is 0. The molecule has 12 heteroatoms. The number of benzene rings is 1. The van der Waals surface area contributed by atoms with Gasteiger partial charge >= 0.3 is 0 Å². The molecule has 4 rings (SSSR count). The van der Waals surface area contributed by atoms with Crippen LogP contribution in [0.1, 0.15) is 22.5 Å². The van der Waals surface area contributed by atoms with Gasteiger partial charge in [-0.3, -0.25) is 4.79 Å². The van der Waals surface area contributed by atoms with E-state index in [0.717, 1.165) is 30.1 Å². The first kappa shape index (κ1) is 22.8. The molecule has 7 nitrogen and oxygen atoms in total. The van der Waals surface area contributed by atoms with Crippen molar-refractivity contribution in [1.29, 1.82) is 0 Å². The number of nitrogens with two attached hydrogens (primary N) is 1. The lowest BCUT2D eigenvalue weighted by Gasteiger charge is -2.34. The molecule has 1 aromatic heterocycles. The van der Waals surface area contributed by atoms with Gasteiger partial charge in [0.05, 0.1) is 17.1 Å². The van der Waals surface area contributed by atoms with Crippen molar-refractivity contribution in [3.05, 3.63) is 47.4 Å². The van der Waals surface area contributed by atoms with E-state index in [4.69, 9.17) is 16.9 Å². The van der Waals surface area contributed by atoms with Crippen LogP contribution in [0.15, 0.2) is 29.5 Å². The summed E-state index contributed by atoms with van der Waals surface area (Å²) in [4.78, 5) is 24.3. The van der Waals surface area contributed by atoms with Crippen molar-refractivity contribution in [3.63, 3.8) is 0 Å². The third-order valence-electron chi connectivity index (χ3n) is 5.57. The molecule has 0 bridgehead atoms. The number of hydrogen-bond acceptors (Lipinski definition) is 7. The fourth-order valence-corrected chi connectivity index (χ4v) is 5.19. The predicted molar refractivity (Wildman–Crippen MR) is 114 cm³/mol. The molecule has 1 aromatic carbocycles. The molecule has 1 amide bonds. The molecule has 3 atom stereocenters. The standard InChI is InChI=1S/C21H17F4N5O2S/c1-2-3-32-16-8-27-14(7-28-16)18(31)29-11-4-12(17(25)13(24)5-11)21(10-23)15-6-20(15,9-22)33-19(26)30-21/h1,4-5,7-8,15H,3,6,9-10H2,(H2,26,30)(H,29,31)/t15?,20-,21-/m1/s1. The van der Waals surface area contributed by atoms with Gasteiger partial charge in [-0.2, -0.15) is 0 Å². The fraction of sp³-hybridized carbons (Fsp3) is 0.333. The summed E-state index contributed by atoms with van der Waals surface area (Å²) in [6.07, 6.45) is 7.55. The number of fused-ring (bicyclic) bond motifs is 1. The zero-order chi connectivity index (χ0) is 23.8. The lowest BCUT2D eigenvalue weighted by molar-refractivity contribution is 0.102. The Balaban J connectivity index is 1.65. The summed E-state index contributed by atoms with van der Waals surface area (Å²) >= 11 is 0.967. The van der Waals surface area contributed by atoms with Crippen LogP contribution in [-0.2, 0) is 5.54 Å². The minimum atomic E-state index is -1.90. The molecule has 172 valence electrons. The van der Waals surface area contributed by atoms with Gasteiger partial charge in [0.15, 0.2) is 23.4 Å². The number of carbonyl (C=O) groups is 1. The number of aromatic nitrogens is 2. The van der Waals surface area contributed by atoms with Gasteiger partial charge in [-0.05, 0) is 12.5 Å². The molecule has 33 heavy (non-hydrogen) atoms. The summed E-state index contributed by atoms with van der Waals surface area (Å²) in [5.74, 6) is -1.85. The number of nitrogens with one attached hydrogen (secondary N) is 1. The van der Waals surface area contributed by atoms with Crippen LogP contribution in [-0.4, -0.2) is 45.7 Å². The topological polar surface area (TPSA) is 102 Å². The number of carbonyl (C=O) groups excluding carboxylic acids is 1. The van der Waals surface area contributed by atoms with E-state index < -0.39 is 52.7 Å². The minimum absolute atomic E-state index is 0.0373. The van der Waals surface area contributed by atoms with E-state index in [9.17, 15) is 22.4 Å². The van der Waals surface area contributed by atoms with Crippen LogP contribution in [0.4, 0.5) is 23.2 Å². The Labute approximate surface area is 190 Å². The summed E-state index contributed by atoms with van der Waals surface area (Å²) in [5, 5.41) is 2.26. The summed E-state index contributed by atoms with van der Waals surface area (Å²) in [6, 6.07) is 1.81. The SMILES string of the molecule is C#CCOc1cnc(C(=O)Nc2cc(F)c(F)c([C@@]3(CF)N=C(N)S[C@@]4(CF)CC43)c2)cn1. The van der Waals surface area contributed by atoms with Crippen molar-refractivity contribution in [2.75, 3.05) is 25.3 Å². The number of aliphatic imine (C=N–C) groups is 1. The first-order chi connectivity index (χ1) is 15.8. The van der Waals surface area contributed by atoms with Gasteiger partial charge in [-0.25, -0.2) is 32.5 Å². The molecule has 3 N–H and O–H groups in total. The van der Waals surface area contributed by atoms with E-state index in [0.29, 0.717) is 0 Å². The minimum Gasteiger partial charge on any atom is -0.463 e. The van der Waals surface area contributed by atoms with Gasteiger partial charge < -0.3 is 15.8 Å². The van der Waals surface area contributed by atoms with Crippen molar-refractivity contribution in [2.24, 2.45) is 16.6 Å². The van der Waals surface area contributed by atoms with E-state index in [1.807, 2.05) is 0 Å². The molecule has 1 unspecified atom stereocenters. The second kappa shape index (κ2) is 8.55. The number of hydrogen-bond donors (Lipinski definition) is 2. The number of nitrogens with zero attached hydrogens (tertiary/aromatic N) is 3. The number of ether oxygens (including phenoxy) is 1. The van der Waals surface area contributed by atoms with Crippen LogP contribution in [0.2, 0.25) is 0 Å². The molecule has 1 fully saturated rings. The molecular formula is C21H17F4N5O2S. The maximum atomic E-state index is 14.8. The summed E-state index contributed by atoms with van der Waals surface area (Å²) in [6.45, 7) is -2.08. The monoisotopic (exact) mass is 479 g/mol. The third-order valence-corrected chi connectivity index (χ3v) is 6.83. The number of rotatable bonds is 7. The van der Waals surface area contributed by atoms with E-state index in [1.165, 1.54) is 6.20 Å². The fourth-order valence-electron chi connectivity index (χ4n) is 3.92. The van der Waals surface area contributed by atoms with Crippen LogP contribution in [0.3, 0.4) is 0 Å². The third kappa shape index (κ3) is 3.97. The second-order valence-electron chi connectivity index (χ2n) is 7.57. The van der Waals surface area contributed by atoms with E-state index in [1.54, 1.807) is 0 Å². The Kier molecular flexibility index (Phi) is 5.92. The maximum absolute atomic E-state index is 14.8. The van der Waals surface area contributed by atoms with Crippen LogP contribution in [0.5, 0.6) is 5.88 Å². The highest BCUT2D eigenvalue weighted by atomic mass is 32.2. The van der Waals surface area contributed by atoms with Crippen molar-refractivity contribution < 1.29 is 27.1 Å². The Morgan fingerprint density at radius 3 is 2.73 bits per heavy atom. The average Bonchev–Trinajstić information content (AvgIpc) is 3.55. The molecular weight excluding hydrogens is 462 g/mol. The number of amides is 1. The molecule has 2 aromatic rings. The van der Waals surface area contributed by atoms with Crippen LogP contribution < -0.4 is 15.8 Å². The smallest absolute Gasteiger partial charge is 0.275 e. The number of anilines is 1. The van der Waals surface area contributed by atoms with E-state index in [2.05, 4.69) is 26.2 Å². The van der Waals surface area contributed by atoms with Gasteiger partial charge in [-0.1, -0.05) is 17.7 Å². The van der Waals surface area contributed by atoms with Crippen LogP contribution in [0, 0.1) is 29.9 Å². The zero-order valence-electron chi connectivity index (χ0n) is 16.9. The number of alkyl halides is 2. The zero-order valence-corrected chi connectivity index (χ0v) is 17.8. The van der Waals surface area contributed by atoms with Crippen molar-refractivity contribution in [3.8, 4) is 18.2 Å². The lowest BCUT2D eigenvalue weighted by atomic mass is 9.84. The van der Waals surface area contributed by atoms with E-state index >= 15 is 0 Å². The van der Waals surface area contributed by atoms with Crippen LogP contribution in [0.25, 0.3) is 0 Å². The van der Waals surface area contributed by atoms with Gasteiger partial charge in [-0.15, -0.1) is 6.42 Å². The Bertz CT molecular complexity index is 1170. The molecule has 2 heterocycles. The predicted octanol–water partition coefficient (Wildman–Crippen LogP) is 2.97. The molecule has 2 aliphatic rings. The Hall–Kier alpha value is -3.33. The highest BCUT2D eigenvalue weighted by Gasteiger charge is 2.68. The molecule has 1 aliphatic heterocycles. The first-order valence-electron chi connectivity index (χ1n) is 9.64. The summed E-state index contributed by atoms with van der Waals surface area (Å²) in [5.41, 5.74) is 3.11. The number of amidine groups is 1. The van der Waals surface area contributed by atoms with Gasteiger partial charge in [0.2, 0.25) is 5.88 Å². The lowest BCUT2D eigenvalue weighted by Crippen LogP contribution is -2.41. The maximum Gasteiger partial charge on any atom is 0.275 e. The average molecular weight is 479 g/mol. The van der Waals surface area contributed by atoms with Crippen molar-refractivity contribution >= 4 is 28.5 Å². The molecule has 0 radical (unpaired) electrons. The summed E-state index contributed by atoms with van der Waals surface area (Å²) < 4.78 is 61.4.